The molecule has 0 atom stereocenters. The Morgan fingerprint density at radius 1 is 0.741 bits per heavy atom. The summed E-state index contributed by atoms with van der Waals surface area (Å²) in [6.45, 7) is 0.436. The molecule has 0 bridgehead atoms. The van der Waals surface area contributed by atoms with Crippen LogP contribution in [0.2, 0.25) is 0 Å². The molecule has 0 aliphatic carbocycles. The Bertz CT molecular complexity index is 1260. The molecule has 0 saturated carbocycles. The average molecular weight is 352 g/mol. The quantitative estimate of drug-likeness (QED) is 0.387. The second-order valence-electron chi connectivity index (χ2n) is 6.63. The number of halogens is 1. The number of imidazole rings is 1. The molecule has 0 amide bonds. The second-order valence-corrected chi connectivity index (χ2v) is 6.63. The molecule has 0 radical (unpaired) electrons. The van der Waals surface area contributed by atoms with Crippen LogP contribution in [0.5, 0.6) is 0 Å². The molecular weight excluding hydrogens is 335 g/mol. The molecule has 3 heteroatoms. The second kappa shape index (κ2) is 6.36. The molecule has 5 rings (SSSR count). The van der Waals surface area contributed by atoms with Gasteiger partial charge < -0.3 is 4.57 Å². The van der Waals surface area contributed by atoms with Crippen LogP contribution in [-0.4, -0.2) is 9.55 Å². The van der Waals surface area contributed by atoms with E-state index in [1.807, 2.05) is 54.6 Å². The summed E-state index contributed by atoms with van der Waals surface area (Å²) in [5, 5.41) is 2.31. The van der Waals surface area contributed by atoms with Crippen LogP contribution in [0.15, 0.2) is 91.0 Å². The first-order chi connectivity index (χ1) is 13.3. The molecule has 1 heterocycles. The maximum Gasteiger partial charge on any atom is 0.142 e. The van der Waals surface area contributed by atoms with Crippen LogP contribution in [-0.2, 0) is 6.54 Å². The third-order valence-electron chi connectivity index (χ3n) is 4.97. The van der Waals surface area contributed by atoms with Gasteiger partial charge in [-0.2, -0.15) is 0 Å². The van der Waals surface area contributed by atoms with Crippen LogP contribution >= 0.6 is 0 Å². The molecule has 0 fully saturated rings. The maximum absolute atomic E-state index is 14.3. The smallest absolute Gasteiger partial charge is 0.142 e. The van der Waals surface area contributed by atoms with Gasteiger partial charge in [0, 0.05) is 11.1 Å². The summed E-state index contributed by atoms with van der Waals surface area (Å²) in [7, 11) is 0. The first kappa shape index (κ1) is 15.8. The van der Waals surface area contributed by atoms with Crippen molar-refractivity contribution in [1.29, 1.82) is 0 Å². The summed E-state index contributed by atoms with van der Waals surface area (Å²) in [5.41, 5.74) is 3.63. The van der Waals surface area contributed by atoms with Crippen molar-refractivity contribution in [2.45, 2.75) is 6.54 Å². The molecular formula is C24H17FN2. The van der Waals surface area contributed by atoms with Gasteiger partial charge in [0.1, 0.15) is 11.6 Å². The fraction of sp³-hybridized carbons (Fsp3) is 0.0417. The number of para-hydroxylation sites is 2. The van der Waals surface area contributed by atoms with Gasteiger partial charge in [0.2, 0.25) is 0 Å². The first-order valence-electron chi connectivity index (χ1n) is 8.98. The summed E-state index contributed by atoms with van der Waals surface area (Å²) in [6.07, 6.45) is 0. The fourth-order valence-corrected chi connectivity index (χ4v) is 3.66. The third-order valence-corrected chi connectivity index (χ3v) is 4.97. The third kappa shape index (κ3) is 2.68. The molecule has 5 aromatic rings. The minimum atomic E-state index is -0.195. The largest absolute Gasteiger partial charge is 0.319 e. The van der Waals surface area contributed by atoms with Crippen LogP contribution in [0.3, 0.4) is 0 Å². The Balaban J connectivity index is 1.78. The summed E-state index contributed by atoms with van der Waals surface area (Å²) in [5.74, 6) is 0.662. The van der Waals surface area contributed by atoms with Crippen molar-refractivity contribution in [1.82, 2.24) is 9.55 Å². The van der Waals surface area contributed by atoms with E-state index in [0.717, 1.165) is 27.8 Å². The topological polar surface area (TPSA) is 17.8 Å². The highest BCUT2D eigenvalue weighted by Crippen LogP contribution is 2.31. The number of benzene rings is 4. The fourth-order valence-electron chi connectivity index (χ4n) is 3.66. The maximum atomic E-state index is 14.3. The summed E-state index contributed by atoms with van der Waals surface area (Å²) in [4.78, 5) is 4.90. The molecule has 0 unspecified atom stereocenters. The van der Waals surface area contributed by atoms with Crippen molar-refractivity contribution in [2.75, 3.05) is 0 Å². The number of hydrogen-bond acceptors (Lipinski definition) is 1. The highest BCUT2D eigenvalue weighted by Gasteiger charge is 2.16. The zero-order valence-corrected chi connectivity index (χ0v) is 14.6. The zero-order chi connectivity index (χ0) is 18.2. The summed E-state index contributed by atoms with van der Waals surface area (Å²) < 4.78 is 16.4. The van der Waals surface area contributed by atoms with Crippen LogP contribution in [0.4, 0.5) is 4.39 Å². The number of rotatable bonds is 3. The van der Waals surface area contributed by atoms with Gasteiger partial charge in [-0.15, -0.1) is 0 Å². The van der Waals surface area contributed by atoms with Crippen LogP contribution in [0, 0.1) is 5.82 Å². The van der Waals surface area contributed by atoms with Crippen LogP contribution < -0.4 is 0 Å². The molecule has 4 aromatic carbocycles. The normalized spacial score (nSPS) is 11.3. The summed E-state index contributed by atoms with van der Waals surface area (Å²) >= 11 is 0. The molecule has 130 valence electrons. The van der Waals surface area contributed by atoms with Gasteiger partial charge in [0.15, 0.2) is 0 Å². The molecule has 0 N–H and O–H groups in total. The highest BCUT2D eigenvalue weighted by atomic mass is 19.1. The average Bonchev–Trinajstić information content (AvgIpc) is 3.07. The van der Waals surface area contributed by atoms with Gasteiger partial charge >= 0.3 is 0 Å². The Morgan fingerprint density at radius 2 is 1.48 bits per heavy atom. The number of fused-ring (bicyclic) bond motifs is 2. The number of nitrogens with zero attached hydrogens (tertiary/aromatic N) is 2. The first-order valence-corrected chi connectivity index (χ1v) is 8.98. The Labute approximate surface area is 156 Å². The van der Waals surface area contributed by atoms with Gasteiger partial charge in [-0.05, 0) is 29.0 Å². The lowest BCUT2D eigenvalue weighted by atomic mass is 10.0. The van der Waals surface area contributed by atoms with E-state index in [1.165, 1.54) is 11.5 Å². The van der Waals surface area contributed by atoms with Crippen molar-refractivity contribution in [3.8, 4) is 11.4 Å². The number of aromatic nitrogens is 2. The van der Waals surface area contributed by atoms with Gasteiger partial charge in [0.25, 0.3) is 0 Å². The molecule has 0 aliphatic heterocycles. The van der Waals surface area contributed by atoms with E-state index in [-0.39, 0.29) is 5.82 Å². The SMILES string of the molecule is Fc1ccccc1Cn1c(-c2cccc3ccccc23)nc2ccccc21. The lowest BCUT2D eigenvalue weighted by Crippen LogP contribution is -2.04. The minimum Gasteiger partial charge on any atom is -0.319 e. The van der Waals surface area contributed by atoms with Gasteiger partial charge in [-0.3, -0.25) is 0 Å². The standard InChI is InChI=1S/C24H17FN2/c25-21-13-4-2-9-18(21)16-27-23-15-6-5-14-22(23)26-24(27)20-12-7-10-17-8-1-3-11-19(17)20/h1-15H,16H2. The molecule has 27 heavy (non-hydrogen) atoms. The molecule has 0 saturated heterocycles. The Morgan fingerprint density at radius 3 is 2.41 bits per heavy atom. The lowest BCUT2D eigenvalue weighted by Gasteiger charge is -2.12. The van der Waals surface area contributed by atoms with Crippen molar-refractivity contribution in [2.24, 2.45) is 0 Å². The molecule has 0 spiro atoms. The molecule has 2 nitrogen and oxygen atoms in total. The lowest BCUT2D eigenvalue weighted by molar-refractivity contribution is 0.602. The van der Waals surface area contributed by atoms with E-state index in [9.17, 15) is 4.39 Å². The van der Waals surface area contributed by atoms with E-state index >= 15 is 0 Å². The summed E-state index contributed by atoms with van der Waals surface area (Å²) in [6, 6.07) is 29.5. The van der Waals surface area contributed by atoms with Crippen LogP contribution in [0.1, 0.15) is 5.56 Å². The van der Waals surface area contributed by atoms with Gasteiger partial charge in [0.05, 0.1) is 17.6 Å². The van der Waals surface area contributed by atoms with E-state index in [1.54, 1.807) is 6.07 Å². The highest BCUT2D eigenvalue weighted by molar-refractivity contribution is 5.96. The minimum absolute atomic E-state index is 0.195. The predicted molar refractivity (Wildman–Crippen MR) is 108 cm³/mol. The molecule has 1 aromatic heterocycles. The zero-order valence-electron chi connectivity index (χ0n) is 14.6. The van der Waals surface area contributed by atoms with Crippen molar-refractivity contribution >= 4 is 21.8 Å². The van der Waals surface area contributed by atoms with Gasteiger partial charge in [-0.25, -0.2) is 9.37 Å². The molecule has 0 aliphatic rings. The van der Waals surface area contributed by atoms with Crippen molar-refractivity contribution < 1.29 is 4.39 Å². The van der Waals surface area contributed by atoms with E-state index in [4.69, 9.17) is 4.98 Å². The van der Waals surface area contributed by atoms with E-state index in [0.29, 0.717) is 12.1 Å². The number of hydrogen-bond donors (Lipinski definition) is 0. The Kier molecular flexibility index (Phi) is 3.72. The van der Waals surface area contributed by atoms with E-state index in [2.05, 4.69) is 28.8 Å². The van der Waals surface area contributed by atoms with Crippen molar-refractivity contribution in [3.05, 3.63) is 102 Å². The van der Waals surface area contributed by atoms with Gasteiger partial charge in [-0.1, -0.05) is 72.8 Å². The van der Waals surface area contributed by atoms with Crippen molar-refractivity contribution in [3.63, 3.8) is 0 Å². The predicted octanol–water partition coefficient (Wildman–Crippen LogP) is 6.04. The van der Waals surface area contributed by atoms with E-state index < -0.39 is 0 Å². The van der Waals surface area contributed by atoms with Crippen LogP contribution in [0.25, 0.3) is 33.2 Å². The Hall–Kier alpha value is -3.46. The monoisotopic (exact) mass is 352 g/mol.